The second-order valence-electron chi connectivity index (χ2n) is 6.30. The van der Waals surface area contributed by atoms with Gasteiger partial charge >= 0.3 is 0 Å². The average molecular weight is 315 g/mol. The van der Waals surface area contributed by atoms with E-state index in [1.54, 1.807) is 12.1 Å². The van der Waals surface area contributed by atoms with Crippen molar-refractivity contribution < 1.29 is 13.2 Å². The van der Waals surface area contributed by atoms with Gasteiger partial charge in [0.15, 0.2) is 0 Å². The van der Waals surface area contributed by atoms with E-state index in [9.17, 15) is 13.2 Å². The fourth-order valence-corrected chi connectivity index (χ4v) is 3.33. The third-order valence-corrected chi connectivity index (χ3v) is 4.78. The number of rotatable bonds is 3. The molecular formula is C19H16F3N. The van der Waals surface area contributed by atoms with Crippen LogP contribution in [-0.4, -0.2) is 4.98 Å². The summed E-state index contributed by atoms with van der Waals surface area (Å²) in [7, 11) is 0. The van der Waals surface area contributed by atoms with E-state index in [1.165, 1.54) is 24.6 Å². The van der Waals surface area contributed by atoms with Crippen LogP contribution in [0.3, 0.4) is 0 Å². The quantitative estimate of drug-likeness (QED) is 0.648. The van der Waals surface area contributed by atoms with Crippen molar-refractivity contribution in [1.82, 2.24) is 4.98 Å². The van der Waals surface area contributed by atoms with Crippen molar-refractivity contribution in [3.05, 3.63) is 59.4 Å². The van der Waals surface area contributed by atoms with Crippen molar-refractivity contribution in [3.63, 3.8) is 0 Å². The molecule has 0 spiro atoms. The van der Waals surface area contributed by atoms with Gasteiger partial charge in [-0.15, -0.1) is 0 Å². The second kappa shape index (κ2) is 5.44. The van der Waals surface area contributed by atoms with Crippen LogP contribution in [0.1, 0.15) is 24.8 Å². The van der Waals surface area contributed by atoms with Crippen LogP contribution in [0.2, 0.25) is 0 Å². The Balaban J connectivity index is 1.92. The van der Waals surface area contributed by atoms with Crippen LogP contribution in [0.25, 0.3) is 22.2 Å². The van der Waals surface area contributed by atoms with Crippen LogP contribution in [-0.2, 0) is 6.42 Å². The van der Waals surface area contributed by atoms with Gasteiger partial charge in [0.05, 0.1) is 5.52 Å². The van der Waals surface area contributed by atoms with E-state index in [1.807, 2.05) is 0 Å². The van der Waals surface area contributed by atoms with Gasteiger partial charge in [0, 0.05) is 17.1 Å². The summed E-state index contributed by atoms with van der Waals surface area (Å²) in [6.07, 6.45) is 4.29. The zero-order chi connectivity index (χ0) is 16.0. The van der Waals surface area contributed by atoms with Gasteiger partial charge in [0.1, 0.15) is 17.5 Å². The van der Waals surface area contributed by atoms with E-state index in [2.05, 4.69) is 4.98 Å². The zero-order valence-electron chi connectivity index (χ0n) is 12.5. The van der Waals surface area contributed by atoms with Crippen LogP contribution in [0.5, 0.6) is 0 Å². The Morgan fingerprint density at radius 1 is 0.957 bits per heavy atom. The molecule has 3 aromatic rings. The van der Waals surface area contributed by atoms with E-state index in [-0.39, 0.29) is 5.82 Å². The molecule has 1 heterocycles. The molecule has 4 rings (SSSR count). The molecule has 1 aliphatic rings. The Hall–Kier alpha value is -2.23. The summed E-state index contributed by atoms with van der Waals surface area (Å²) >= 11 is 0. The van der Waals surface area contributed by atoms with E-state index in [4.69, 9.17) is 0 Å². The normalized spacial score (nSPS) is 15.1. The molecule has 0 aliphatic heterocycles. The highest BCUT2D eigenvalue weighted by atomic mass is 19.1. The van der Waals surface area contributed by atoms with Gasteiger partial charge in [-0.25, -0.2) is 13.2 Å². The number of fused-ring (bicyclic) bond motifs is 1. The van der Waals surface area contributed by atoms with Crippen molar-refractivity contribution in [2.75, 3.05) is 0 Å². The van der Waals surface area contributed by atoms with Gasteiger partial charge in [0.2, 0.25) is 0 Å². The first kappa shape index (κ1) is 14.4. The highest BCUT2D eigenvalue weighted by Crippen LogP contribution is 2.38. The molecule has 0 bridgehead atoms. The Labute approximate surface area is 132 Å². The van der Waals surface area contributed by atoms with Crippen molar-refractivity contribution in [3.8, 4) is 11.3 Å². The van der Waals surface area contributed by atoms with Crippen LogP contribution >= 0.6 is 0 Å². The number of H-pyrrole nitrogens is 1. The summed E-state index contributed by atoms with van der Waals surface area (Å²) in [6.45, 7) is 0. The number of nitrogens with one attached hydrogen (secondary N) is 1. The second-order valence-corrected chi connectivity index (χ2v) is 6.30. The van der Waals surface area contributed by atoms with E-state index in [0.717, 1.165) is 42.1 Å². The monoisotopic (exact) mass is 315 g/mol. The molecule has 1 saturated carbocycles. The van der Waals surface area contributed by atoms with E-state index < -0.39 is 11.6 Å². The van der Waals surface area contributed by atoms with Gasteiger partial charge in [0.25, 0.3) is 0 Å². The standard InChI is InChI=1S/C19H16F3N/c20-13-6-4-12(5-7-13)18-15(8-11-2-1-3-11)16-9-14(21)10-17(22)19(16)23-18/h4-7,9-11,23H,1-3,8H2. The number of halogens is 3. The van der Waals surface area contributed by atoms with E-state index >= 15 is 0 Å². The summed E-state index contributed by atoms with van der Waals surface area (Å²) < 4.78 is 41.0. The fraction of sp³-hybridized carbons (Fsp3) is 0.263. The topological polar surface area (TPSA) is 15.8 Å². The number of aromatic nitrogens is 1. The molecule has 0 amide bonds. The van der Waals surface area contributed by atoms with Crippen LogP contribution in [0.4, 0.5) is 13.2 Å². The third kappa shape index (κ3) is 2.52. The van der Waals surface area contributed by atoms with Crippen molar-refractivity contribution in [1.29, 1.82) is 0 Å². The Bertz CT molecular complexity index is 860. The fourth-order valence-electron chi connectivity index (χ4n) is 3.33. The smallest absolute Gasteiger partial charge is 0.150 e. The highest BCUT2D eigenvalue weighted by molar-refractivity contribution is 5.91. The lowest BCUT2D eigenvalue weighted by molar-refractivity contribution is 0.315. The predicted molar refractivity (Wildman–Crippen MR) is 84.7 cm³/mol. The molecule has 1 aliphatic carbocycles. The maximum absolute atomic E-state index is 14.1. The number of hydrogen-bond acceptors (Lipinski definition) is 0. The van der Waals surface area contributed by atoms with Crippen LogP contribution in [0.15, 0.2) is 36.4 Å². The lowest BCUT2D eigenvalue weighted by Gasteiger charge is -2.25. The SMILES string of the molecule is Fc1ccc(-c2[nH]c3c(F)cc(F)cc3c2CC2CCC2)cc1. The first-order chi connectivity index (χ1) is 11.1. The van der Waals surface area contributed by atoms with Crippen LogP contribution < -0.4 is 0 Å². The predicted octanol–water partition coefficient (Wildman–Crippen LogP) is 5.59. The Morgan fingerprint density at radius 3 is 2.35 bits per heavy atom. The number of benzene rings is 2. The summed E-state index contributed by atoms with van der Waals surface area (Å²) in [5.41, 5.74) is 2.79. The lowest BCUT2D eigenvalue weighted by Crippen LogP contribution is -2.14. The maximum Gasteiger partial charge on any atom is 0.150 e. The molecule has 2 aromatic carbocycles. The molecule has 4 heteroatoms. The molecule has 23 heavy (non-hydrogen) atoms. The molecule has 0 unspecified atom stereocenters. The van der Waals surface area contributed by atoms with Gasteiger partial charge in [-0.1, -0.05) is 19.3 Å². The van der Waals surface area contributed by atoms with Crippen LogP contribution in [0, 0.1) is 23.4 Å². The molecule has 118 valence electrons. The molecule has 0 saturated heterocycles. The van der Waals surface area contributed by atoms with Gasteiger partial charge < -0.3 is 4.98 Å². The number of hydrogen-bond donors (Lipinski definition) is 1. The van der Waals surface area contributed by atoms with Crippen molar-refractivity contribution in [2.45, 2.75) is 25.7 Å². The largest absolute Gasteiger partial charge is 0.352 e. The molecule has 0 atom stereocenters. The first-order valence-electron chi connectivity index (χ1n) is 7.87. The molecule has 1 aromatic heterocycles. The first-order valence-corrected chi connectivity index (χ1v) is 7.87. The Kier molecular flexibility index (Phi) is 3.40. The summed E-state index contributed by atoms with van der Waals surface area (Å²) in [5.74, 6) is -0.931. The van der Waals surface area contributed by atoms with E-state index in [0.29, 0.717) is 16.8 Å². The molecule has 1 nitrogen and oxygen atoms in total. The summed E-state index contributed by atoms with van der Waals surface area (Å²) in [5, 5.41) is 0.591. The Morgan fingerprint density at radius 2 is 1.70 bits per heavy atom. The minimum absolute atomic E-state index is 0.317. The summed E-state index contributed by atoms with van der Waals surface area (Å²) in [6, 6.07) is 8.36. The van der Waals surface area contributed by atoms with Gasteiger partial charge in [-0.05, 0) is 53.8 Å². The van der Waals surface area contributed by atoms with Gasteiger partial charge in [-0.2, -0.15) is 0 Å². The number of aromatic amines is 1. The lowest BCUT2D eigenvalue weighted by atomic mass is 9.80. The molecule has 0 radical (unpaired) electrons. The molecule has 1 fully saturated rings. The van der Waals surface area contributed by atoms with Crippen molar-refractivity contribution >= 4 is 10.9 Å². The zero-order valence-corrected chi connectivity index (χ0v) is 12.5. The van der Waals surface area contributed by atoms with Crippen molar-refractivity contribution in [2.24, 2.45) is 5.92 Å². The van der Waals surface area contributed by atoms with Gasteiger partial charge in [-0.3, -0.25) is 0 Å². The molecular weight excluding hydrogens is 299 g/mol. The minimum Gasteiger partial charge on any atom is -0.352 e. The maximum atomic E-state index is 14.1. The average Bonchev–Trinajstić information content (AvgIpc) is 2.82. The summed E-state index contributed by atoms with van der Waals surface area (Å²) in [4.78, 5) is 3.08. The third-order valence-electron chi connectivity index (χ3n) is 4.78. The highest BCUT2D eigenvalue weighted by Gasteiger charge is 2.23. The minimum atomic E-state index is -0.594. The molecule has 1 N–H and O–H groups in total.